The summed E-state index contributed by atoms with van der Waals surface area (Å²) in [5, 5.41) is 6.67. The fraction of sp³-hybridized carbons (Fsp3) is 0.400. The van der Waals surface area contributed by atoms with Gasteiger partial charge in [0, 0.05) is 43.5 Å². The molecule has 9 heteroatoms. The highest BCUT2D eigenvalue weighted by molar-refractivity contribution is 6.05. The molecular weight excluding hydrogens is 494 g/mol. The lowest BCUT2D eigenvalue weighted by molar-refractivity contribution is -0.136. The van der Waals surface area contributed by atoms with Crippen molar-refractivity contribution in [2.75, 3.05) is 13.2 Å². The predicted molar refractivity (Wildman–Crippen MR) is 144 cm³/mol. The van der Waals surface area contributed by atoms with Gasteiger partial charge in [0.05, 0.1) is 6.54 Å². The van der Waals surface area contributed by atoms with Crippen molar-refractivity contribution in [2.24, 2.45) is 0 Å². The summed E-state index contributed by atoms with van der Waals surface area (Å²) >= 11 is 0. The molecule has 2 aromatic carbocycles. The summed E-state index contributed by atoms with van der Waals surface area (Å²) in [7, 11) is 0. The summed E-state index contributed by atoms with van der Waals surface area (Å²) in [5.74, 6) is -0.110. The van der Waals surface area contributed by atoms with Crippen molar-refractivity contribution >= 4 is 17.7 Å². The maximum atomic E-state index is 13.0. The molecule has 2 saturated heterocycles. The van der Waals surface area contributed by atoms with E-state index in [1.54, 1.807) is 17.2 Å². The summed E-state index contributed by atoms with van der Waals surface area (Å²) in [5.41, 5.74) is 3.98. The van der Waals surface area contributed by atoms with Gasteiger partial charge in [-0.2, -0.15) is 5.10 Å². The van der Waals surface area contributed by atoms with Gasteiger partial charge in [-0.25, -0.2) is 0 Å². The average Bonchev–Trinajstić information content (AvgIpc) is 3.56. The van der Waals surface area contributed by atoms with E-state index in [4.69, 9.17) is 4.74 Å². The molecule has 9 nitrogen and oxygen atoms in total. The molecule has 202 valence electrons. The summed E-state index contributed by atoms with van der Waals surface area (Å²) in [4.78, 5) is 40.9. The van der Waals surface area contributed by atoms with E-state index < -0.39 is 11.9 Å². The molecule has 2 fully saturated rings. The summed E-state index contributed by atoms with van der Waals surface area (Å²) in [6, 6.07) is 15.9. The lowest BCUT2D eigenvalue weighted by Gasteiger charge is -2.35. The summed E-state index contributed by atoms with van der Waals surface area (Å²) in [6.45, 7) is 3.60. The molecular formula is C30H33N5O4. The minimum Gasteiger partial charge on any atom is -0.492 e. The van der Waals surface area contributed by atoms with Gasteiger partial charge in [0.15, 0.2) is 0 Å². The van der Waals surface area contributed by atoms with Crippen molar-refractivity contribution in [1.29, 1.82) is 0 Å². The highest BCUT2D eigenvalue weighted by Crippen LogP contribution is 2.30. The van der Waals surface area contributed by atoms with Crippen LogP contribution in [0.5, 0.6) is 5.75 Å². The highest BCUT2D eigenvalue weighted by atomic mass is 16.5. The van der Waals surface area contributed by atoms with Gasteiger partial charge in [-0.1, -0.05) is 30.7 Å². The first-order valence-electron chi connectivity index (χ1n) is 13.7. The minimum atomic E-state index is -0.610. The van der Waals surface area contributed by atoms with Gasteiger partial charge in [-0.05, 0) is 66.8 Å². The van der Waals surface area contributed by atoms with Crippen molar-refractivity contribution in [3.8, 4) is 5.75 Å². The fourth-order valence-corrected chi connectivity index (χ4v) is 5.93. The van der Waals surface area contributed by atoms with Gasteiger partial charge in [-0.15, -0.1) is 0 Å². The maximum absolute atomic E-state index is 13.0. The average molecular weight is 528 g/mol. The van der Waals surface area contributed by atoms with E-state index in [1.807, 2.05) is 29.1 Å². The molecule has 3 aliphatic heterocycles. The number of carbonyl (C=O) groups excluding carboxylic acids is 3. The van der Waals surface area contributed by atoms with E-state index in [2.05, 4.69) is 39.6 Å². The summed E-state index contributed by atoms with van der Waals surface area (Å²) in [6.07, 6.45) is 7.83. The number of piperidine rings is 2. The van der Waals surface area contributed by atoms with Crippen molar-refractivity contribution in [1.82, 2.24) is 24.9 Å². The van der Waals surface area contributed by atoms with Crippen molar-refractivity contribution in [3.63, 3.8) is 0 Å². The molecule has 1 N–H and O–H groups in total. The zero-order chi connectivity index (χ0) is 26.8. The number of hydrogen-bond acceptors (Lipinski definition) is 6. The minimum absolute atomic E-state index is 0.167. The van der Waals surface area contributed by atoms with Crippen LogP contribution in [0.4, 0.5) is 0 Å². The Morgan fingerprint density at radius 2 is 1.85 bits per heavy atom. The molecule has 0 saturated carbocycles. The van der Waals surface area contributed by atoms with Crippen molar-refractivity contribution < 1.29 is 19.1 Å². The van der Waals surface area contributed by atoms with E-state index >= 15 is 0 Å². The number of aromatic nitrogens is 2. The number of rotatable bonds is 8. The molecule has 0 aliphatic carbocycles. The monoisotopic (exact) mass is 527 g/mol. The maximum Gasteiger partial charge on any atom is 0.255 e. The Morgan fingerprint density at radius 3 is 2.67 bits per heavy atom. The predicted octanol–water partition coefficient (Wildman–Crippen LogP) is 3.13. The molecule has 4 heterocycles. The molecule has 39 heavy (non-hydrogen) atoms. The van der Waals surface area contributed by atoms with Crippen LogP contribution in [-0.2, 0) is 29.2 Å². The smallest absolute Gasteiger partial charge is 0.255 e. The molecule has 0 radical (unpaired) electrons. The largest absolute Gasteiger partial charge is 0.492 e. The van der Waals surface area contributed by atoms with Gasteiger partial charge >= 0.3 is 0 Å². The number of carbonyl (C=O) groups is 3. The van der Waals surface area contributed by atoms with E-state index in [-0.39, 0.29) is 18.2 Å². The van der Waals surface area contributed by atoms with Crippen LogP contribution in [0.25, 0.3) is 0 Å². The first kappa shape index (κ1) is 25.3. The topological polar surface area (TPSA) is 96.8 Å². The lowest BCUT2D eigenvalue weighted by atomic mass is 10.0. The third-order valence-electron chi connectivity index (χ3n) is 7.97. The second-order valence-corrected chi connectivity index (χ2v) is 10.7. The molecule has 0 bridgehead atoms. The lowest BCUT2D eigenvalue weighted by Crippen LogP contribution is -2.52. The Hall–Kier alpha value is -3.98. The molecule has 0 spiro atoms. The quantitative estimate of drug-likeness (QED) is 0.452. The zero-order valence-electron chi connectivity index (χ0n) is 21.9. The van der Waals surface area contributed by atoms with Crippen molar-refractivity contribution in [3.05, 3.63) is 83.2 Å². The first-order chi connectivity index (χ1) is 19.0. The molecule has 2 atom stereocenters. The molecule has 3 aromatic rings. The SMILES string of the molecule is O=C1CCC(N2Cc3cc(OC[C@H]4CCCCN4Cc4cccc(Cn5cccn5)c4)ccc3C2=O)C(=O)N1. The number of likely N-dealkylation sites (tertiary alicyclic amines) is 1. The Kier molecular flexibility index (Phi) is 7.15. The summed E-state index contributed by atoms with van der Waals surface area (Å²) < 4.78 is 8.21. The van der Waals surface area contributed by atoms with E-state index in [1.165, 1.54) is 24.0 Å². The van der Waals surface area contributed by atoms with Crippen LogP contribution in [0.2, 0.25) is 0 Å². The van der Waals surface area contributed by atoms with Gasteiger partial charge < -0.3 is 9.64 Å². The Morgan fingerprint density at radius 1 is 0.974 bits per heavy atom. The number of hydrogen-bond donors (Lipinski definition) is 1. The highest BCUT2D eigenvalue weighted by Gasteiger charge is 2.39. The van der Waals surface area contributed by atoms with E-state index in [9.17, 15) is 14.4 Å². The number of ether oxygens (including phenoxy) is 1. The Balaban J connectivity index is 1.08. The normalized spacial score (nSPS) is 21.6. The van der Waals surface area contributed by atoms with Crippen LogP contribution in [0.1, 0.15) is 59.2 Å². The van der Waals surface area contributed by atoms with Crippen LogP contribution in [0, 0.1) is 0 Å². The Labute approximate surface area is 227 Å². The third kappa shape index (κ3) is 5.59. The molecule has 3 amide bonds. The second kappa shape index (κ2) is 11.0. The number of benzene rings is 2. The number of imide groups is 1. The standard InChI is InChI=1S/C30H33N5O4/c36-28-11-10-27(29(37)32-28)35-19-23-16-25(8-9-26(23)30(35)38)39-20-24-7-1-2-13-33(24)17-21-5-3-6-22(15-21)18-34-14-4-12-31-34/h3-6,8-9,12,14-16,24,27H,1-2,7,10-11,13,17-20H2,(H,32,36,37)/t24-,27?/m1/s1. The Bertz CT molecular complexity index is 1370. The van der Waals surface area contributed by atoms with E-state index in [0.29, 0.717) is 31.2 Å². The van der Waals surface area contributed by atoms with Crippen molar-refractivity contribution in [2.45, 2.75) is 63.8 Å². The van der Waals surface area contributed by atoms with E-state index in [0.717, 1.165) is 37.4 Å². The number of amides is 3. The van der Waals surface area contributed by atoms with Crippen LogP contribution < -0.4 is 10.1 Å². The molecule has 3 aliphatic rings. The first-order valence-corrected chi connectivity index (χ1v) is 13.7. The molecule has 1 aromatic heterocycles. The van der Waals surface area contributed by atoms with Gasteiger partial charge in [-0.3, -0.25) is 29.3 Å². The van der Waals surface area contributed by atoms with Crippen LogP contribution >= 0.6 is 0 Å². The fourth-order valence-electron chi connectivity index (χ4n) is 5.93. The number of nitrogens with one attached hydrogen (secondary N) is 1. The van der Waals surface area contributed by atoms with Gasteiger partial charge in [0.25, 0.3) is 5.91 Å². The van der Waals surface area contributed by atoms with Crippen LogP contribution in [0.3, 0.4) is 0 Å². The third-order valence-corrected chi connectivity index (χ3v) is 7.97. The van der Waals surface area contributed by atoms with Gasteiger partial charge in [0.2, 0.25) is 11.8 Å². The second-order valence-electron chi connectivity index (χ2n) is 10.7. The van der Waals surface area contributed by atoms with Gasteiger partial charge in [0.1, 0.15) is 18.4 Å². The zero-order valence-corrected chi connectivity index (χ0v) is 21.9. The number of nitrogens with zero attached hydrogens (tertiary/aromatic N) is 4. The molecule has 6 rings (SSSR count). The van der Waals surface area contributed by atoms with Crippen LogP contribution in [0.15, 0.2) is 60.9 Å². The van der Waals surface area contributed by atoms with Crippen LogP contribution in [-0.4, -0.2) is 62.5 Å². The number of fused-ring (bicyclic) bond motifs is 1. The molecule has 1 unspecified atom stereocenters.